The molecule has 3 rings (SSSR count). The first kappa shape index (κ1) is 11.7. The summed E-state index contributed by atoms with van der Waals surface area (Å²) in [7, 11) is 4.05. The highest BCUT2D eigenvalue weighted by molar-refractivity contribution is 5.74. The number of rotatable bonds is 2. The summed E-state index contributed by atoms with van der Waals surface area (Å²) in [6.45, 7) is 2.06. The van der Waals surface area contributed by atoms with Crippen molar-refractivity contribution in [1.29, 1.82) is 0 Å². The minimum atomic E-state index is 0.919. The largest absolute Gasteiger partial charge is 0.378 e. The topological polar surface area (TPSA) is 34.0 Å². The number of nitrogens with zero attached hydrogens (tertiary/aromatic N) is 4. The molecule has 0 spiro atoms. The summed E-state index contributed by atoms with van der Waals surface area (Å²) >= 11 is 0. The Hall–Kier alpha value is -2.36. The summed E-state index contributed by atoms with van der Waals surface area (Å²) in [4.78, 5) is 3.75. The highest BCUT2D eigenvalue weighted by atomic mass is 15.5. The summed E-state index contributed by atoms with van der Waals surface area (Å²) in [5, 5.41) is 9.00. The molecule has 2 aromatic carbocycles. The van der Waals surface area contributed by atoms with E-state index in [-0.39, 0.29) is 0 Å². The third-order valence-electron chi connectivity index (χ3n) is 3.13. The minimum Gasteiger partial charge on any atom is -0.378 e. The second kappa shape index (κ2) is 4.39. The van der Waals surface area contributed by atoms with Crippen LogP contribution in [-0.2, 0) is 0 Å². The molecule has 0 bridgehead atoms. The van der Waals surface area contributed by atoms with Crippen LogP contribution in [-0.4, -0.2) is 29.1 Å². The number of aryl methyl sites for hydroxylation is 1. The quantitative estimate of drug-likeness (QED) is 0.703. The molecule has 0 aliphatic rings. The minimum absolute atomic E-state index is 0.919. The second-order valence-corrected chi connectivity index (χ2v) is 4.89. The first-order valence-electron chi connectivity index (χ1n) is 6.25. The smallest absolute Gasteiger partial charge is 0.113 e. The van der Waals surface area contributed by atoms with Crippen molar-refractivity contribution < 1.29 is 0 Å². The Morgan fingerprint density at radius 3 is 2.26 bits per heavy atom. The van der Waals surface area contributed by atoms with Crippen LogP contribution >= 0.6 is 0 Å². The number of anilines is 1. The normalized spacial score (nSPS) is 10.9. The Labute approximate surface area is 112 Å². The fraction of sp³-hybridized carbons (Fsp3) is 0.200. The fourth-order valence-electron chi connectivity index (χ4n) is 2.02. The van der Waals surface area contributed by atoms with Crippen LogP contribution < -0.4 is 4.90 Å². The van der Waals surface area contributed by atoms with Gasteiger partial charge in [-0.05, 0) is 48.9 Å². The zero-order valence-corrected chi connectivity index (χ0v) is 11.3. The zero-order chi connectivity index (χ0) is 13.4. The van der Waals surface area contributed by atoms with Gasteiger partial charge < -0.3 is 4.90 Å². The van der Waals surface area contributed by atoms with Gasteiger partial charge in [0.05, 0.1) is 5.69 Å². The standard InChI is InChI=1S/C15H16N4/c1-11-4-9-14-15(10-11)17-19(16-14)13-7-5-12(6-8-13)18(2)3/h4-10H,1-3H3. The second-order valence-electron chi connectivity index (χ2n) is 4.89. The first-order chi connectivity index (χ1) is 9.13. The van der Waals surface area contributed by atoms with Gasteiger partial charge in [0.1, 0.15) is 11.0 Å². The Morgan fingerprint density at radius 1 is 0.895 bits per heavy atom. The Morgan fingerprint density at radius 2 is 1.58 bits per heavy atom. The van der Waals surface area contributed by atoms with Crippen molar-refractivity contribution in [1.82, 2.24) is 15.0 Å². The van der Waals surface area contributed by atoms with E-state index in [1.54, 1.807) is 4.80 Å². The molecule has 3 aromatic rings. The molecule has 0 atom stereocenters. The van der Waals surface area contributed by atoms with Gasteiger partial charge in [0.25, 0.3) is 0 Å². The van der Waals surface area contributed by atoms with E-state index in [0.717, 1.165) is 22.4 Å². The lowest BCUT2D eigenvalue weighted by atomic mass is 10.2. The molecule has 0 radical (unpaired) electrons. The van der Waals surface area contributed by atoms with E-state index in [4.69, 9.17) is 0 Å². The van der Waals surface area contributed by atoms with E-state index in [1.165, 1.54) is 5.56 Å². The number of hydrogen-bond donors (Lipinski definition) is 0. The van der Waals surface area contributed by atoms with Gasteiger partial charge in [-0.2, -0.15) is 4.80 Å². The van der Waals surface area contributed by atoms with Crippen molar-refractivity contribution in [2.24, 2.45) is 0 Å². The van der Waals surface area contributed by atoms with Crippen molar-refractivity contribution in [2.75, 3.05) is 19.0 Å². The third kappa shape index (κ3) is 2.17. The van der Waals surface area contributed by atoms with Crippen LogP contribution in [0, 0.1) is 6.92 Å². The van der Waals surface area contributed by atoms with Crippen LogP contribution in [0.1, 0.15) is 5.56 Å². The predicted octanol–water partition coefficient (Wildman–Crippen LogP) is 2.79. The molecule has 4 nitrogen and oxygen atoms in total. The maximum Gasteiger partial charge on any atom is 0.113 e. The summed E-state index contributed by atoms with van der Waals surface area (Å²) < 4.78 is 0. The molecule has 1 aromatic heterocycles. The molecule has 96 valence electrons. The summed E-state index contributed by atoms with van der Waals surface area (Å²) in [5.41, 5.74) is 5.18. The summed E-state index contributed by atoms with van der Waals surface area (Å²) in [6.07, 6.45) is 0. The molecule has 19 heavy (non-hydrogen) atoms. The summed E-state index contributed by atoms with van der Waals surface area (Å²) in [5.74, 6) is 0. The van der Waals surface area contributed by atoms with E-state index >= 15 is 0 Å². The molecule has 0 N–H and O–H groups in total. The van der Waals surface area contributed by atoms with Crippen LogP contribution in [0.5, 0.6) is 0 Å². The molecule has 0 saturated carbocycles. The summed E-state index contributed by atoms with van der Waals surface area (Å²) in [6, 6.07) is 14.3. The van der Waals surface area contributed by atoms with E-state index in [9.17, 15) is 0 Å². The van der Waals surface area contributed by atoms with Crippen LogP contribution in [0.4, 0.5) is 5.69 Å². The van der Waals surface area contributed by atoms with Gasteiger partial charge in [-0.25, -0.2) is 0 Å². The average molecular weight is 252 g/mol. The predicted molar refractivity (Wildman–Crippen MR) is 77.9 cm³/mol. The van der Waals surface area contributed by atoms with Gasteiger partial charge in [0.2, 0.25) is 0 Å². The van der Waals surface area contributed by atoms with Crippen molar-refractivity contribution in [3.05, 3.63) is 48.0 Å². The molecule has 0 aliphatic carbocycles. The van der Waals surface area contributed by atoms with Crippen molar-refractivity contribution in [3.8, 4) is 5.69 Å². The van der Waals surface area contributed by atoms with Gasteiger partial charge in [-0.1, -0.05) is 6.07 Å². The van der Waals surface area contributed by atoms with Crippen LogP contribution in [0.2, 0.25) is 0 Å². The first-order valence-corrected chi connectivity index (χ1v) is 6.25. The maximum atomic E-state index is 4.51. The van der Waals surface area contributed by atoms with E-state index in [1.807, 2.05) is 38.4 Å². The molecular weight excluding hydrogens is 236 g/mol. The van der Waals surface area contributed by atoms with Crippen molar-refractivity contribution in [3.63, 3.8) is 0 Å². The van der Waals surface area contributed by atoms with Gasteiger partial charge in [0.15, 0.2) is 0 Å². The van der Waals surface area contributed by atoms with Gasteiger partial charge in [-0.3, -0.25) is 0 Å². The number of benzene rings is 2. The van der Waals surface area contributed by atoms with Crippen LogP contribution in [0.25, 0.3) is 16.7 Å². The van der Waals surface area contributed by atoms with Crippen LogP contribution in [0.15, 0.2) is 42.5 Å². The number of aromatic nitrogens is 3. The third-order valence-corrected chi connectivity index (χ3v) is 3.13. The highest BCUT2D eigenvalue weighted by Gasteiger charge is 2.05. The van der Waals surface area contributed by atoms with Gasteiger partial charge in [-0.15, -0.1) is 10.2 Å². The molecule has 1 heterocycles. The SMILES string of the molecule is Cc1ccc2nn(-c3ccc(N(C)C)cc3)nc2c1. The Bertz CT molecular complexity index is 711. The fourth-order valence-corrected chi connectivity index (χ4v) is 2.02. The zero-order valence-electron chi connectivity index (χ0n) is 11.3. The monoisotopic (exact) mass is 252 g/mol. The number of hydrogen-bond acceptors (Lipinski definition) is 3. The van der Waals surface area contributed by atoms with Crippen molar-refractivity contribution in [2.45, 2.75) is 6.92 Å². The lowest BCUT2D eigenvalue weighted by Gasteiger charge is -2.12. The lowest BCUT2D eigenvalue weighted by Crippen LogP contribution is -2.08. The van der Waals surface area contributed by atoms with Gasteiger partial charge >= 0.3 is 0 Å². The molecule has 0 saturated heterocycles. The van der Waals surface area contributed by atoms with Crippen LogP contribution in [0.3, 0.4) is 0 Å². The van der Waals surface area contributed by atoms with E-state index in [0.29, 0.717) is 0 Å². The molecular formula is C15H16N4. The highest BCUT2D eigenvalue weighted by Crippen LogP contribution is 2.17. The Kier molecular flexibility index (Phi) is 2.71. The lowest BCUT2D eigenvalue weighted by molar-refractivity contribution is 0.765. The number of fused-ring (bicyclic) bond motifs is 1. The molecule has 0 aliphatic heterocycles. The average Bonchev–Trinajstić information content (AvgIpc) is 2.81. The van der Waals surface area contributed by atoms with E-state index in [2.05, 4.69) is 40.2 Å². The molecule has 0 unspecified atom stereocenters. The van der Waals surface area contributed by atoms with Crippen molar-refractivity contribution >= 4 is 16.7 Å². The molecule has 0 amide bonds. The van der Waals surface area contributed by atoms with E-state index < -0.39 is 0 Å². The molecule has 4 heteroatoms. The van der Waals surface area contributed by atoms with Gasteiger partial charge in [0, 0.05) is 19.8 Å². The Balaban J connectivity index is 2.03. The molecule has 0 fully saturated rings. The maximum absolute atomic E-state index is 4.51.